The van der Waals surface area contributed by atoms with E-state index in [-0.39, 0.29) is 17.9 Å². The van der Waals surface area contributed by atoms with Gasteiger partial charge in [-0.05, 0) is 19.1 Å². The van der Waals surface area contributed by atoms with E-state index in [1.807, 2.05) is 20.8 Å². The Morgan fingerprint density at radius 1 is 1.50 bits per heavy atom. The number of aliphatic hydroxyl groups excluding tert-OH is 1. The van der Waals surface area contributed by atoms with E-state index in [2.05, 4.69) is 10.3 Å². The highest BCUT2D eigenvalue weighted by Gasteiger charge is 2.18. The molecule has 0 radical (unpaired) electrons. The molecule has 0 bridgehead atoms. The van der Waals surface area contributed by atoms with E-state index >= 15 is 0 Å². The minimum atomic E-state index is -0.576. The number of nitrogens with zero attached hydrogens (tertiary/aromatic N) is 1. The maximum Gasteiger partial charge on any atom is 0.251 e. The summed E-state index contributed by atoms with van der Waals surface area (Å²) in [5, 5.41) is 12.1. The molecule has 0 saturated carbocycles. The van der Waals surface area contributed by atoms with E-state index in [0.29, 0.717) is 10.7 Å². The summed E-state index contributed by atoms with van der Waals surface area (Å²) in [7, 11) is 0. The Balaban J connectivity index is 2.96. The van der Waals surface area contributed by atoms with Crippen LogP contribution < -0.4 is 5.32 Å². The number of hydrogen-bond acceptors (Lipinski definition) is 3. The van der Waals surface area contributed by atoms with Crippen molar-refractivity contribution in [2.45, 2.75) is 39.2 Å². The van der Waals surface area contributed by atoms with Gasteiger partial charge in [-0.1, -0.05) is 32.4 Å². The average molecular weight is 271 g/mol. The zero-order valence-electron chi connectivity index (χ0n) is 11.1. The first-order valence-electron chi connectivity index (χ1n) is 5.84. The molecule has 5 heteroatoms. The number of hydrogen-bond donors (Lipinski definition) is 2. The van der Waals surface area contributed by atoms with E-state index in [9.17, 15) is 4.79 Å². The molecule has 0 fully saturated rings. The van der Waals surface area contributed by atoms with Crippen LogP contribution in [-0.4, -0.2) is 28.6 Å². The van der Waals surface area contributed by atoms with Crippen LogP contribution in [0.4, 0.5) is 0 Å². The van der Waals surface area contributed by atoms with Crippen LogP contribution in [0.2, 0.25) is 5.15 Å². The van der Waals surface area contributed by atoms with Gasteiger partial charge in [0.1, 0.15) is 5.15 Å². The van der Waals surface area contributed by atoms with Crippen molar-refractivity contribution >= 4 is 17.5 Å². The molecule has 1 atom stereocenters. The lowest BCUT2D eigenvalue weighted by atomic mass is 9.91. The summed E-state index contributed by atoms with van der Waals surface area (Å²) in [6, 6.07) is 3.25. The number of nitrogens with one attached hydrogen (secondary N) is 1. The lowest BCUT2D eigenvalue weighted by Gasteiger charge is -2.18. The van der Waals surface area contributed by atoms with E-state index in [1.165, 1.54) is 6.07 Å². The van der Waals surface area contributed by atoms with Crippen LogP contribution in [-0.2, 0) is 5.41 Å². The van der Waals surface area contributed by atoms with Gasteiger partial charge in [-0.3, -0.25) is 4.79 Å². The molecule has 2 N–H and O–H groups in total. The van der Waals surface area contributed by atoms with Crippen molar-refractivity contribution in [2.24, 2.45) is 0 Å². The van der Waals surface area contributed by atoms with Crippen molar-refractivity contribution < 1.29 is 9.90 Å². The monoisotopic (exact) mass is 270 g/mol. The van der Waals surface area contributed by atoms with Crippen LogP contribution >= 0.6 is 11.6 Å². The summed E-state index contributed by atoms with van der Waals surface area (Å²) >= 11 is 5.92. The number of carbonyl (C=O) groups excluding carboxylic acids is 1. The first-order chi connectivity index (χ1) is 8.20. The molecule has 4 nitrogen and oxygen atoms in total. The molecule has 1 aromatic rings. The Morgan fingerprint density at radius 2 is 2.11 bits per heavy atom. The summed E-state index contributed by atoms with van der Waals surface area (Å²) in [5.41, 5.74) is 1.04. The molecule has 0 saturated heterocycles. The molecule has 1 rings (SSSR count). The van der Waals surface area contributed by atoms with Crippen molar-refractivity contribution in [1.82, 2.24) is 10.3 Å². The molecule has 0 spiro atoms. The zero-order valence-corrected chi connectivity index (χ0v) is 11.9. The van der Waals surface area contributed by atoms with Crippen molar-refractivity contribution in [2.75, 3.05) is 6.54 Å². The summed E-state index contributed by atoms with van der Waals surface area (Å²) in [6.45, 7) is 7.83. The number of pyridine rings is 1. The molecular weight excluding hydrogens is 252 g/mol. The SMILES string of the molecule is CC(O)CNC(=O)c1cc(Cl)nc(C(C)(C)C)c1. The largest absolute Gasteiger partial charge is 0.392 e. The van der Waals surface area contributed by atoms with E-state index in [4.69, 9.17) is 16.7 Å². The minimum Gasteiger partial charge on any atom is -0.392 e. The van der Waals surface area contributed by atoms with Crippen molar-refractivity contribution in [3.05, 3.63) is 28.5 Å². The third-order valence-corrected chi connectivity index (χ3v) is 2.58. The van der Waals surface area contributed by atoms with Gasteiger partial charge in [0.2, 0.25) is 0 Å². The van der Waals surface area contributed by atoms with Gasteiger partial charge in [0, 0.05) is 23.2 Å². The molecular formula is C13H19ClN2O2. The summed E-state index contributed by atoms with van der Waals surface area (Å²) in [5.74, 6) is -0.259. The fourth-order valence-electron chi connectivity index (χ4n) is 1.35. The van der Waals surface area contributed by atoms with E-state index < -0.39 is 6.10 Å². The van der Waals surface area contributed by atoms with Crippen LogP contribution in [0.25, 0.3) is 0 Å². The standard InChI is InChI=1S/C13H19ClN2O2/c1-8(17)7-15-12(18)9-5-10(13(2,3)4)16-11(14)6-9/h5-6,8,17H,7H2,1-4H3,(H,15,18). The van der Waals surface area contributed by atoms with Crippen molar-refractivity contribution in [3.63, 3.8) is 0 Å². The van der Waals surface area contributed by atoms with Gasteiger partial charge >= 0.3 is 0 Å². The highest BCUT2D eigenvalue weighted by Crippen LogP contribution is 2.23. The summed E-state index contributed by atoms with van der Waals surface area (Å²) in [6.07, 6.45) is -0.576. The average Bonchev–Trinajstić information content (AvgIpc) is 2.23. The molecule has 1 amide bonds. The van der Waals surface area contributed by atoms with Crippen LogP contribution in [0, 0.1) is 0 Å². The topological polar surface area (TPSA) is 62.2 Å². The Kier molecular flexibility index (Phi) is 4.71. The highest BCUT2D eigenvalue weighted by molar-refractivity contribution is 6.29. The van der Waals surface area contributed by atoms with Gasteiger partial charge < -0.3 is 10.4 Å². The fraction of sp³-hybridized carbons (Fsp3) is 0.538. The van der Waals surface area contributed by atoms with Crippen molar-refractivity contribution in [1.29, 1.82) is 0 Å². The number of aromatic nitrogens is 1. The molecule has 0 aliphatic rings. The molecule has 1 aromatic heterocycles. The molecule has 100 valence electrons. The Hall–Kier alpha value is -1.13. The number of rotatable bonds is 3. The number of halogens is 1. The maximum absolute atomic E-state index is 11.9. The predicted molar refractivity (Wildman–Crippen MR) is 72.0 cm³/mol. The second kappa shape index (κ2) is 5.67. The molecule has 0 aliphatic carbocycles. The minimum absolute atomic E-state index is 0.176. The zero-order chi connectivity index (χ0) is 13.9. The Morgan fingerprint density at radius 3 is 2.61 bits per heavy atom. The number of carbonyl (C=O) groups is 1. The van der Waals surface area contributed by atoms with Gasteiger partial charge in [-0.15, -0.1) is 0 Å². The van der Waals surface area contributed by atoms with Gasteiger partial charge in [0.25, 0.3) is 5.91 Å². The third-order valence-electron chi connectivity index (χ3n) is 2.38. The predicted octanol–water partition coefficient (Wildman–Crippen LogP) is 2.14. The smallest absolute Gasteiger partial charge is 0.251 e. The van der Waals surface area contributed by atoms with E-state index in [0.717, 1.165) is 5.69 Å². The van der Waals surface area contributed by atoms with Crippen LogP contribution in [0.3, 0.4) is 0 Å². The lowest BCUT2D eigenvalue weighted by Crippen LogP contribution is -2.31. The Labute approximate surface area is 112 Å². The maximum atomic E-state index is 11.9. The number of aliphatic hydroxyl groups is 1. The second-order valence-electron chi connectivity index (χ2n) is 5.37. The molecule has 0 aromatic carbocycles. The van der Waals surface area contributed by atoms with Gasteiger partial charge in [-0.2, -0.15) is 0 Å². The van der Waals surface area contributed by atoms with Gasteiger partial charge in [-0.25, -0.2) is 4.98 Å². The quantitative estimate of drug-likeness (QED) is 0.828. The highest BCUT2D eigenvalue weighted by atomic mass is 35.5. The third kappa shape index (κ3) is 4.27. The summed E-state index contributed by atoms with van der Waals surface area (Å²) in [4.78, 5) is 16.1. The second-order valence-corrected chi connectivity index (χ2v) is 5.76. The van der Waals surface area contributed by atoms with Gasteiger partial charge in [0.05, 0.1) is 6.10 Å². The first kappa shape index (κ1) is 14.9. The normalized spacial score (nSPS) is 13.2. The molecule has 0 aliphatic heterocycles. The van der Waals surface area contributed by atoms with Gasteiger partial charge in [0.15, 0.2) is 0 Å². The summed E-state index contributed by atoms with van der Waals surface area (Å²) < 4.78 is 0. The van der Waals surface area contributed by atoms with Crippen molar-refractivity contribution in [3.8, 4) is 0 Å². The molecule has 18 heavy (non-hydrogen) atoms. The molecule has 1 heterocycles. The van der Waals surface area contributed by atoms with E-state index in [1.54, 1.807) is 13.0 Å². The first-order valence-corrected chi connectivity index (χ1v) is 6.22. The van der Waals surface area contributed by atoms with Crippen LogP contribution in [0.5, 0.6) is 0 Å². The van der Waals surface area contributed by atoms with Crippen LogP contribution in [0.15, 0.2) is 12.1 Å². The van der Waals surface area contributed by atoms with Crippen LogP contribution in [0.1, 0.15) is 43.7 Å². The fourth-order valence-corrected chi connectivity index (χ4v) is 1.56. The number of amides is 1. The molecule has 1 unspecified atom stereocenters. The Bertz CT molecular complexity index is 439. The lowest BCUT2D eigenvalue weighted by molar-refractivity contribution is 0.0923.